The predicted octanol–water partition coefficient (Wildman–Crippen LogP) is 3.69. The van der Waals surface area contributed by atoms with E-state index in [1.54, 1.807) is 19.1 Å². The van der Waals surface area contributed by atoms with Crippen LogP contribution in [0.3, 0.4) is 0 Å². The number of hydrogen-bond acceptors (Lipinski definition) is 3. The fraction of sp³-hybridized carbons (Fsp3) is 0.318. The number of aryl methyl sites for hydroxylation is 1. The number of carbonyl (C=O) groups excluding carboxylic acids is 1. The summed E-state index contributed by atoms with van der Waals surface area (Å²) in [5.41, 5.74) is 3.46. The third-order valence-corrected chi connectivity index (χ3v) is 5.18. The van der Waals surface area contributed by atoms with Gasteiger partial charge in [-0.05, 0) is 37.1 Å². The lowest BCUT2D eigenvalue weighted by Crippen LogP contribution is -2.29. The number of amides is 1. The first-order valence-electron chi connectivity index (χ1n) is 9.05. The van der Waals surface area contributed by atoms with E-state index in [0.717, 1.165) is 27.9 Å². The first-order valence-corrected chi connectivity index (χ1v) is 9.05. The van der Waals surface area contributed by atoms with E-state index in [9.17, 15) is 9.90 Å². The molecule has 0 radical (unpaired) electrons. The molecule has 0 bridgehead atoms. The molecule has 5 heteroatoms. The summed E-state index contributed by atoms with van der Waals surface area (Å²) in [4.78, 5) is 14.8. The Morgan fingerprint density at radius 3 is 2.59 bits per heavy atom. The number of aliphatic hydroxyl groups excluding tert-OH is 1. The van der Waals surface area contributed by atoms with Gasteiger partial charge in [0.1, 0.15) is 5.75 Å². The zero-order valence-corrected chi connectivity index (χ0v) is 16.3. The van der Waals surface area contributed by atoms with Crippen molar-refractivity contribution in [3.63, 3.8) is 0 Å². The number of aromatic nitrogens is 1. The normalized spacial score (nSPS) is 12.2. The molecule has 0 fully saturated rings. The summed E-state index contributed by atoms with van der Waals surface area (Å²) in [6, 6.07) is 15.3. The second-order valence-electron chi connectivity index (χ2n) is 6.84. The van der Waals surface area contributed by atoms with Crippen LogP contribution in [0.15, 0.2) is 48.5 Å². The van der Waals surface area contributed by atoms with Crippen LogP contribution < -0.4 is 4.74 Å². The van der Waals surface area contributed by atoms with Crippen molar-refractivity contribution in [3.8, 4) is 5.75 Å². The second-order valence-corrected chi connectivity index (χ2v) is 6.84. The number of hydrogen-bond donors (Lipinski definition) is 1. The van der Waals surface area contributed by atoms with Gasteiger partial charge >= 0.3 is 0 Å². The lowest BCUT2D eigenvalue weighted by atomic mass is 10.1. The number of benzene rings is 2. The van der Waals surface area contributed by atoms with Gasteiger partial charge in [0.2, 0.25) is 0 Å². The van der Waals surface area contributed by atoms with Crippen molar-refractivity contribution in [2.45, 2.75) is 19.4 Å². The summed E-state index contributed by atoms with van der Waals surface area (Å²) in [6.07, 6.45) is -0.102. The average molecular weight is 366 g/mol. The average Bonchev–Trinajstić information content (AvgIpc) is 2.95. The Kier molecular flexibility index (Phi) is 5.51. The number of nitrogens with zero attached hydrogens (tertiary/aromatic N) is 2. The Labute approximate surface area is 159 Å². The van der Waals surface area contributed by atoms with Crippen molar-refractivity contribution < 1.29 is 14.6 Å². The first kappa shape index (κ1) is 19.0. The molecule has 1 N–H and O–H groups in total. The van der Waals surface area contributed by atoms with Crippen LogP contribution in [0.25, 0.3) is 10.9 Å². The fourth-order valence-corrected chi connectivity index (χ4v) is 3.40. The lowest BCUT2D eigenvalue weighted by molar-refractivity contribution is 0.0762. The van der Waals surface area contributed by atoms with Gasteiger partial charge < -0.3 is 19.3 Å². The van der Waals surface area contributed by atoms with E-state index in [0.29, 0.717) is 18.5 Å². The topological polar surface area (TPSA) is 54.7 Å². The van der Waals surface area contributed by atoms with Crippen molar-refractivity contribution in [2.75, 3.05) is 20.7 Å². The SMILES string of the molecule is COc1ccc2c(c1)c(C(=O)N(C)CC[C@H](O)c1ccccc1)c(C)n2C. The standard InChI is InChI=1S/C22H26N2O3/c1-15-21(18-14-17(27-4)10-11-19(18)24(15)3)22(26)23(2)13-12-20(25)16-8-6-5-7-9-16/h5-11,14,20,25H,12-13H2,1-4H3/t20-/m0/s1. The number of aliphatic hydroxyl groups is 1. The Balaban J connectivity index is 1.81. The maximum atomic E-state index is 13.1. The van der Waals surface area contributed by atoms with Crippen molar-refractivity contribution in [3.05, 3.63) is 65.4 Å². The summed E-state index contributed by atoms with van der Waals surface area (Å²) in [7, 11) is 5.36. The quantitative estimate of drug-likeness (QED) is 0.724. The molecule has 0 saturated heterocycles. The minimum Gasteiger partial charge on any atom is -0.497 e. The Hall–Kier alpha value is -2.79. The summed E-state index contributed by atoms with van der Waals surface area (Å²) >= 11 is 0. The van der Waals surface area contributed by atoms with Gasteiger partial charge in [-0.15, -0.1) is 0 Å². The molecule has 0 spiro atoms. The molecule has 142 valence electrons. The van der Waals surface area contributed by atoms with Crippen LogP contribution in [0, 0.1) is 6.92 Å². The Morgan fingerprint density at radius 2 is 1.93 bits per heavy atom. The van der Waals surface area contributed by atoms with Gasteiger partial charge in [0.15, 0.2) is 0 Å². The summed E-state index contributed by atoms with van der Waals surface area (Å²) in [5.74, 6) is 0.677. The molecule has 0 aliphatic heterocycles. The maximum absolute atomic E-state index is 13.1. The van der Waals surface area contributed by atoms with E-state index in [1.807, 2.05) is 67.1 Å². The summed E-state index contributed by atoms with van der Waals surface area (Å²) in [6.45, 7) is 2.42. The number of methoxy groups -OCH3 is 1. The van der Waals surface area contributed by atoms with E-state index in [-0.39, 0.29) is 5.91 Å². The van der Waals surface area contributed by atoms with E-state index in [1.165, 1.54) is 0 Å². The van der Waals surface area contributed by atoms with Gasteiger partial charge in [-0.1, -0.05) is 30.3 Å². The van der Waals surface area contributed by atoms with Gasteiger partial charge in [-0.3, -0.25) is 4.79 Å². The van der Waals surface area contributed by atoms with E-state index >= 15 is 0 Å². The van der Waals surface area contributed by atoms with Gasteiger partial charge in [-0.2, -0.15) is 0 Å². The number of ether oxygens (including phenoxy) is 1. The third kappa shape index (κ3) is 3.69. The van der Waals surface area contributed by atoms with E-state index in [4.69, 9.17) is 4.74 Å². The fourth-order valence-electron chi connectivity index (χ4n) is 3.40. The molecule has 1 atom stereocenters. The second kappa shape index (κ2) is 7.84. The number of rotatable bonds is 6. The zero-order chi connectivity index (χ0) is 19.6. The van der Waals surface area contributed by atoms with Crippen molar-refractivity contribution in [1.29, 1.82) is 0 Å². The van der Waals surface area contributed by atoms with Gasteiger partial charge in [0.05, 0.1) is 18.8 Å². The molecule has 27 heavy (non-hydrogen) atoms. The largest absolute Gasteiger partial charge is 0.497 e. The van der Waals surface area contributed by atoms with Crippen molar-refractivity contribution in [1.82, 2.24) is 9.47 Å². The summed E-state index contributed by atoms with van der Waals surface area (Å²) < 4.78 is 7.35. The molecule has 0 unspecified atom stereocenters. The van der Waals surface area contributed by atoms with Gasteiger partial charge in [0, 0.05) is 37.2 Å². The van der Waals surface area contributed by atoms with Crippen LogP contribution in [0.4, 0.5) is 0 Å². The molecule has 0 aliphatic carbocycles. The van der Waals surface area contributed by atoms with Crippen LogP contribution in [-0.4, -0.2) is 41.2 Å². The highest BCUT2D eigenvalue weighted by Crippen LogP contribution is 2.29. The smallest absolute Gasteiger partial charge is 0.256 e. The minimum absolute atomic E-state index is 0.0494. The summed E-state index contributed by atoms with van der Waals surface area (Å²) in [5, 5.41) is 11.2. The zero-order valence-electron chi connectivity index (χ0n) is 16.3. The molecule has 0 aliphatic rings. The Morgan fingerprint density at radius 1 is 1.22 bits per heavy atom. The molecular formula is C22H26N2O3. The molecule has 2 aromatic carbocycles. The molecule has 1 amide bonds. The highest BCUT2D eigenvalue weighted by molar-refractivity contribution is 6.08. The van der Waals surface area contributed by atoms with E-state index in [2.05, 4.69) is 0 Å². The minimum atomic E-state index is -0.588. The number of fused-ring (bicyclic) bond motifs is 1. The van der Waals surface area contributed by atoms with Crippen LogP contribution in [0.2, 0.25) is 0 Å². The van der Waals surface area contributed by atoms with E-state index < -0.39 is 6.10 Å². The highest BCUT2D eigenvalue weighted by Gasteiger charge is 2.22. The van der Waals surface area contributed by atoms with Crippen LogP contribution in [-0.2, 0) is 7.05 Å². The molecule has 3 rings (SSSR count). The highest BCUT2D eigenvalue weighted by atomic mass is 16.5. The molecule has 0 saturated carbocycles. The van der Waals surface area contributed by atoms with Crippen LogP contribution in [0.5, 0.6) is 5.75 Å². The Bertz CT molecular complexity index is 947. The number of carbonyl (C=O) groups is 1. The maximum Gasteiger partial charge on any atom is 0.256 e. The third-order valence-electron chi connectivity index (χ3n) is 5.18. The van der Waals surface area contributed by atoms with Gasteiger partial charge in [0.25, 0.3) is 5.91 Å². The molecule has 5 nitrogen and oxygen atoms in total. The van der Waals surface area contributed by atoms with Crippen molar-refractivity contribution >= 4 is 16.8 Å². The van der Waals surface area contributed by atoms with Crippen LogP contribution in [0.1, 0.15) is 34.1 Å². The van der Waals surface area contributed by atoms with Crippen molar-refractivity contribution in [2.24, 2.45) is 7.05 Å². The molecule has 3 aromatic rings. The van der Waals surface area contributed by atoms with Crippen LogP contribution >= 0.6 is 0 Å². The first-order chi connectivity index (χ1) is 12.9. The van der Waals surface area contributed by atoms with Gasteiger partial charge in [-0.25, -0.2) is 0 Å². The molecule has 1 heterocycles. The molecule has 1 aromatic heterocycles. The predicted molar refractivity (Wildman–Crippen MR) is 107 cm³/mol. The lowest BCUT2D eigenvalue weighted by Gasteiger charge is -2.20. The molecular weight excluding hydrogens is 340 g/mol. The monoisotopic (exact) mass is 366 g/mol.